The minimum atomic E-state index is -0.446. The quantitative estimate of drug-likeness (QED) is 0.249. The maximum Gasteiger partial charge on any atom is 0.274 e. The molecule has 2 rings (SSSR count). The lowest BCUT2D eigenvalue weighted by Gasteiger charge is -2.11. The van der Waals surface area contributed by atoms with Crippen molar-refractivity contribution in [1.82, 2.24) is 20.6 Å². The summed E-state index contributed by atoms with van der Waals surface area (Å²) in [6.07, 6.45) is 4.62. The van der Waals surface area contributed by atoms with Gasteiger partial charge in [-0.2, -0.15) is 23.5 Å². The van der Waals surface area contributed by atoms with Gasteiger partial charge in [-0.25, -0.2) is 0 Å². The van der Waals surface area contributed by atoms with E-state index < -0.39 is 4.92 Å². The molecule has 2 heterocycles. The Morgan fingerprint density at radius 2 is 2.04 bits per heavy atom. The first-order valence-electron chi connectivity index (χ1n) is 8.10. The highest BCUT2D eigenvalue weighted by Crippen LogP contribution is 2.18. The molecular weight excluding hydrogens is 470 g/mol. The van der Waals surface area contributed by atoms with Crippen LogP contribution in [0.4, 0.5) is 0 Å². The van der Waals surface area contributed by atoms with Crippen LogP contribution in [0.25, 0.3) is 0 Å². The van der Waals surface area contributed by atoms with Crippen LogP contribution in [-0.2, 0) is 11.5 Å². The summed E-state index contributed by atoms with van der Waals surface area (Å²) < 4.78 is 0.997. The highest BCUT2D eigenvalue weighted by Gasteiger charge is 2.04. The highest BCUT2D eigenvalue weighted by atomic mass is 79.9. The fourth-order valence-corrected chi connectivity index (χ4v) is 4.92. The minimum Gasteiger partial charge on any atom is -0.366 e. The summed E-state index contributed by atoms with van der Waals surface area (Å²) in [5.41, 5.74) is 2.82. The molecule has 0 aliphatic heterocycles. The zero-order valence-electron chi connectivity index (χ0n) is 14.5. The molecule has 11 heteroatoms. The molecule has 2 aromatic heterocycles. The number of aromatic nitrogens is 2. The molecule has 2 aromatic rings. The number of halogens is 1. The molecule has 0 bridgehead atoms. The summed E-state index contributed by atoms with van der Waals surface area (Å²) in [6, 6.07) is 3.85. The lowest BCUT2D eigenvalue weighted by Crippen LogP contribution is -2.30. The van der Waals surface area contributed by atoms with E-state index in [0.29, 0.717) is 18.9 Å². The molecule has 0 unspecified atom stereocenters. The Kier molecular flexibility index (Phi) is 10.6. The van der Waals surface area contributed by atoms with Crippen molar-refractivity contribution >= 4 is 50.8 Å². The van der Waals surface area contributed by atoms with Gasteiger partial charge in [-0.1, -0.05) is 0 Å². The standard InChI is InChI=1S/C16H20BrN5O2S3/c17-14-2-1-3-19-15(14)11-26-7-5-21-16(9-22(23)24)20-4-6-25-10-13-8-18-12-27-13/h1-3,8-9,12,20-21H,4-7,10-11H2/b16-9+. The fraction of sp³-hybridized carbons (Fsp3) is 0.375. The molecule has 0 saturated heterocycles. The zero-order valence-corrected chi connectivity index (χ0v) is 18.5. The van der Waals surface area contributed by atoms with Gasteiger partial charge < -0.3 is 10.6 Å². The summed E-state index contributed by atoms with van der Waals surface area (Å²) in [6.45, 7) is 1.29. The Morgan fingerprint density at radius 1 is 1.30 bits per heavy atom. The van der Waals surface area contributed by atoms with E-state index in [4.69, 9.17) is 0 Å². The SMILES string of the molecule is O=[N+]([O-])/C=C(\NCCSCc1cncs1)NCCSCc1ncccc1Br. The van der Waals surface area contributed by atoms with E-state index in [2.05, 4.69) is 36.5 Å². The van der Waals surface area contributed by atoms with E-state index in [1.165, 1.54) is 4.88 Å². The molecule has 7 nitrogen and oxygen atoms in total. The van der Waals surface area contributed by atoms with E-state index in [1.807, 2.05) is 23.8 Å². The van der Waals surface area contributed by atoms with Crippen LogP contribution in [-0.4, -0.2) is 39.5 Å². The number of nitrogens with one attached hydrogen (secondary N) is 2. The molecule has 0 aliphatic carbocycles. The van der Waals surface area contributed by atoms with E-state index in [0.717, 1.165) is 39.4 Å². The fourth-order valence-electron chi connectivity index (χ4n) is 1.95. The van der Waals surface area contributed by atoms with E-state index in [9.17, 15) is 10.1 Å². The molecule has 2 N–H and O–H groups in total. The third-order valence-electron chi connectivity index (χ3n) is 3.16. The van der Waals surface area contributed by atoms with Crippen molar-refractivity contribution in [3.05, 3.63) is 67.2 Å². The number of pyridine rings is 1. The molecule has 146 valence electrons. The predicted molar refractivity (Wildman–Crippen MR) is 117 cm³/mol. The maximum atomic E-state index is 10.8. The van der Waals surface area contributed by atoms with Gasteiger partial charge in [-0.3, -0.25) is 20.1 Å². The minimum absolute atomic E-state index is 0.443. The molecule has 0 aromatic carbocycles. The van der Waals surface area contributed by atoms with Crippen molar-refractivity contribution < 1.29 is 4.92 Å². The second-order valence-electron chi connectivity index (χ2n) is 5.19. The van der Waals surface area contributed by atoms with E-state index in [-0.39, 0.29) is 0 Å². The van der Waals surface area contributed by atoms with E-state index in [1.54, 1.807) is 41.1 Å². The predicted octanol–water partition coefficient (Wildman–Crippen LogP) is 3.72. The topological polar surface area (TPSA) is 93.0 Å². The third-order valence-corrected chi connectivity index (χ3v) is 6.82. The van der Waals surface area contributed by atoms with Crippen LogP contribution in [0.2, 0.25) is 0 Å². The van der Waals surface area contributed by atoms with Crippen LogP contribution < -0.4 is 10.6 Å². The Morgan fingerprint density at radius 3 is 2.67 bits per heavy atom. The van der Waals surface area contributed by atoms with Crippen molar-refractivity contribution in [2.45, 2.75) is 11.5 Å². The van der Waals surface area contributed by atoms with Crippen molar-refractivity contribution in [1.29, 1.82) is 0 Å². The average molecular weight is 490 g/mol. The lowest BCUT2D eigenvalue weighted by atomic mass is 10.4. The number of thiazole rings is 1. The first kappa shape index (κ1) is 22.0. The third kappa shape index (κ3) is 9.45. The number of thioether (sulfide) groups is 2. The van der Waals surface area contributed by atoms with Crippen LogP contribution in [0.3, 0.4) is 0 Å². The zero-order chi connectivity index (χ0) is 19.3. The summed E-state index contributed by atoms with van der Waals surface area (Å²) in [5.74, 6) is 3.82. The number of hydrogen-bond donors (Lipinski definition) is 2. The normalized spacial score (nSPS) is 11.4. The molecule has 0 fully saturated rings. The monoisotopic (exact) mass is 489 g/mol. The Balaban J connectivity index is 1.62. The van der Waals surface area contributed by atoms with Gasteiger partial charge in [0.1, 0.15) is 0 Å². The van der Waals surface area contributed by atoms with Gasteiger partial charge in [0, 0.05) is 57.8 Å². The second-order valence-corrected chi connectivity index (χ2v) is 9.22. The van der Waals surface area contributed by atoms with Crippen molar-refractivity contribution in [3.63, 3.8) is 0 Å². The molecule has 0 radical (unpaired) electrons. The Labute approximate surface area is 179 Å². The van der Waals surface area contributed by atoms with Crippen LogP contribution in [0.15, 0.2) is 46.5 Å². The summed E-state index contributed by atoms with van der Waals surface area (Å²) >= 11 is 8.61. The summed E-state index contributed by atoms with van der Waals surface area (Å²) in [5, 5.41) is 17.0. The van der Waals surface area contributed by atoms with Gasteiger partial charge >= 0.3 is 0 Å². The molecule has 0 saturated carbocycles. The van der Waals surface area contributed by atoms with Crippen molar-refractivity contribution in [2.24, 2.45) is 0 Å². The van der Waals surface area contributed by atoms with Gasteiger partial charge in [0.2, 0.25) is 0 Å². The lowest BCUT2D eigenvalue weighted by molar-refractivity contribution is -0.404. The number of nitro groups is 1. The Bertz CT molecular complexity index is 731. The maximum absolute atomic E-state index is 10.8. The van der Waals surface area contributed by atoms with Crippen LogP contribution >= 0.6 is 50.8 Å². The molecule has 0 amide bonds. The summed E-state index contributed by atoms with van der Waals surface area (Å²) in [4.78, 5) is 19.9. The number of hydrogen-bond acceptors (Lipinski definition) is 9. The van der Waals surface area contributed by atoms with Gasteiger partial charge in [-0.15, -0.1) is 11.3 Å². The number of nitrogens with zero attached hydrogens (tertiary/aromatic N) is 3. The van der Waals surface area contributed by atoms with Gasteiger partial charge in [0.05, 0.1) is 16.1 Å². The molecule has 27 heavy (non-hydrogen) atoms. The van der Waals surface area contributed by atoms with Crippen LogP contribution in [0, 0.1) is 10.1 Å². The second kappa shape index (κ2) is 13.0. The molecular formula is C16H20BrN5O2S3. The Hall–Kier alpha value is -1.30. The average Bonchev–Trinajstić information content (AvgIpc) is 3.15. The first-order valence-corrected chi connectivity index (χ1v) is 12.1. The number of rotatable bonds is 13. The van der Waals surface area contributed by atoms with Crippen molar-refractivity contribution in [2.75, 3.05) is 24.6 Å². The van der Waals surface area contributed by atoms with E-state index >= 15 is 0 Å². The smallest absolute Gasteiger partial charge is 0.274 e. The van der Waals surface area contributed by atoms with Crippen molar-refractivity contribution in [3.8, 4) is 0 Å². The van der Waals surface area contributed by atoms with Crippen LogP contribution in [0.5, 0.6) is 0 Å². The van der Waals surface area contributed by atoms with Crippen LogP contribution in [0.1, 0.15) is 10.6 Å². The molecule has 0 aliphatic rings. The first-order chi connectivity index (χ1) is 13.1. The molecule has 0 atom stereocenters. The summed E-state index contributed by atoms with van der Waals surface area (Å²) in [7, 11) is 0. The largest absolute Gasteiger partial charge is 0.366 e. The highest BCUT2D eigenvalue weighted by molar-refractivity contribution is 9.10. The van der Waals surface area contributed by atoms with Gasteiger partial charge in [-0.05, 0) is 28.1 Å². The van der Waals surface area contributed by atoms with Gasteiger partial charge in [0.25, 0.3) is 6.20 Å². The van der Waals surface area contributed by atoms with Gasteiger partial charge in [0.15, 0.2) is 5.82 Å². The molecule has 0 spiro atoms.